The Bertz CT molecular complexity index is 1020. The average Bonchev–Trinajstić information content (AvgIpc) is 2.99. The third-order valence-corrected chi connectivity index (χ3v) is 4.24. The second-order valence-electron chi connectivity index (χ2n) is 7.08. The molecule has 0 aliphatic rings. The zero-order valence-electron chi connectivity index (χ0n) is 16.7. The maximum absolute atomic E-state index is 13.1. The number of carbonyl (C=O) groups is 2. The van der Waals surface area contributed by atoms with Crippen molar-refractivity contribution in [3.8, 4) is 0 Å². The van der Waals surface area contributed by atoms with E-state index in [9.17, 15) is 9.59 Å². The highest BCUT2D eigenvalue weighted by Gasteiger charge is 2.19. The van der Waals surface area contributed by atoms with E-state index in [0.29, 0.717) is 23.4 Å². The number of nitrogens with one attached hydrogen (secondary N) is 1. The van der Waals surface area contributed by atoms with Gasteiger partial charge in [0, 0.05) is 11.9 Å². The molecule has 0 radical (unpaired) electrons. The molecule has 3 aromatic rings. The molecular weight excluding hydrogens is 354 g/mol. The molecule has 0 unspecified atom stereocenters. The molecule has 0 fully saturated rings. The number of hydrogen-bond donors (Lipinski definition) is 1. The van der Waals surface area contributed by atoms with Gasteiger partial charge in [0.2, 0.25) is 0 Å². The van der Waals surface area contributed by atoms with E-state index in [1.165, 1.54) is 0 Å². The first kappa shape index (κ1) is 19.6. The van der Waals surface area contributed by atoms with E-state index in [2.05, 4.69) is 17.2 Å². The summed E-state index contributed by atoms with van der Waals surface area (Å²) < 4.78 is 7.05. The van der Waals surface area contributed by atoms with Gasteiger partial charge in [0.05, 0.1) is 17.4 Å². The van der Waals surface area contributed by atoms with Crippen molar-refractivity contribution in [2.45, 2.75) is 46.6 Å². The van der Waals surface area contributed by atoms with E-state index < -0.39 is 5.97 Å². The first-order valence-corrected chi connectivity index (χ1v) is 9.49. The number of imidazole rings is 1. The van der Waals surface area contributed by atoms with Crippen molar-refractivity contribution in [2.75, 3.05) is 5.32 Å². The number of fused-ring (bicyclic) bond motifs is 1. The smallest absolute Gasteiger partial charge is 0.338 e. The summed E-state index contributed by atoms with van der Waals surface area (Å²) in [5.41, 5.74) is 4.01. The number of pyridine rings is 1. The van der Waals surface area contributed by atoms with E-state index in [1.807, 2.05) is 29.7 Å². The number of aromatic nitrogens is 2. The number of esters is 1. The first-order chi connectivity index (χ1) is 13.4. The van der Waals surface area contributed by atoms with Crippen LogP contribution in [0.3, 0.4) is 0 Å². The van der Waals surface area contributed by atoms with Gasteiger partial charge < -0.3 is 10.1 Å². The Morgan fingerprint density at radius 1 is 1.21 bits per heavy atom. The molecule has 3 rings (SSSR count). The highest BCUT2D eigenvalue weighted by Crippen LogP contribution is 2.19. The fourth-order valence-electron chi connectivity index (χ4n) is 3.05. The van der Waals surface area contributed by atoms with Crippen LogP contribution >= 0.6 is 0 Å². The zero-order valence-corrected chi connectivity index (χ0v) is 16.7. The first-order valence-electron chi connectivity index (χ1n) is 9.49. The summed E-state index contributed by atoms with van der Waals surface area (Å²) in [4.78, 5) is 29.8. The maximum Gasteiger partial charge on any atom is 0.338 e. The SMILES string of the molecule is CCCc1nc2ccc(C)cn2c1C(=O)Nc1cccc(C(=O)OC(C)C)c1. The van der Waals surface area contributed by atoms with Crippen LogP contribution < -0.4 is 5.32 Å². The Morgan fingerprint density at radius 2 is 2.00 bits per heavy atom. The van der Waals surface area contributed by atoms with Crippen LogP contribution in [0.5, 0.6) is 0 Å². The number of amides is 1. The fourth-order valence-corrected chi connectivity index (χ4v) is 3.05. The molecule has 0 aliphatic heterocycles. The summed E-state index contributed by atoms with van der Waals surface area (Å²) in [6, 6.07) is 10.6. The van der Waals surface area contributed by atoms with Crippen LogP contribution in [0.1, 0.15) is 59.3 Å². The van der Waals surface area contributed by atoms with Crippen molar-refractivity contribution in [2.24, 2.45) is 0 Å². The summed E-state index contributed by atoms with van der Waals surface area (Å²) in [7, 11) is 0. The fraction of sp³-hybridized carbons (Fsp3) is 0.318. The lowest BCUT2D eigenvalue weighted by atomic mass is 10.1. The van der Waals surface area contributed by atoms with Gasteiger partial charge in [0.25, 0.3) is 5.91 Å². The second-order valence-corrected chi connectivity index (χ2v) is 7.08. The minimum Gasteiger partial charge on any atom is -0.459 e. The van der Waals surface area contributed by atoms with Crippen LogP contribution in [0.2, 0.25) is 0 Å². The van der Waals surface area contributed by atoms with Crippen LogP contribution in [0.4, 0.5) is 5.69 Å². The molecule has 6 heteroatoms. The lowest BCUT2D eigenvalue weighted by molar-refractivity contribution is 0.0377. The number of ether oxygens (including phenoxy) is 1. The van der Waals surface area contributed by atoms with Gasteiger partial charge in [-0.05, 0) is 57.0 Å². The average molecular weight is 379 g/mol. The maximum atomic E-state index is 13.1. The van der Waals surface area contributed by atoms with E-state index in [0.717, 1.165) is 23.3 Å². The molecule has 1 aromatic carbocycles. The summed E-state index contributed by atoms with van der Waals surface area (Å²) in [5, 5.41) is 2.90. The van der Waals surface area contributed by atoms with Gasteiger partial charge in [-0.25, -0.2) is 9.78 Å². The van der Waals surface area contributed by atoms with Crippen LogP contribution in [-0.4, -0.2) is 27.4 Å². The Hall–Kier alpha value is -3.15. The van der Waals surface area contributed by atoms with Crippen molar-refractivity contribution in [3.63, 3.8) is 0 Å². The quantitative estimate of drug-likeness (QED) is 0.644. The molecule has 0 saturated heterocycles. The van der Waals surface area contributed by atoms with Crippen LogP contribution in [-0.2, 0) is 11.2 Å². The number of rotatable bonds is 6. The summed E-state index contributed by atoms with van der Waals surface area (Å²) in [5.74, 6) is -0.667. The van der Waals surface area contributed by atoms with E-state index in [1.54, 1.807) is 38.1 Å². The molecule has 2 heterocycles. The second kappa shape index (κ2) is 8.25. The predicted molar refractivity (Wildman–Crippen MR) is 109 cm³/mol. The van der Waals surface area contributed by atoms with E-state index in [-0.39, 0.29) is 12.0 Å². The van der Waals surface area contributed by atoms with Gasteiger partial charge in [0.1, 0.15) is 11.3 Å². The summed E-state index contributed by atoms with van der Waals surface area (Å²) in [6.07, 6.45) is 3.31. The van der Waals surface area contributed by atoms with Crippen LogP contribution in [0.25, 0.3) is 5.65 Å². The van der Waals surface area contributed by atoms with Crippen molar-refractivity contribution in [1.29, 1.82) is 0 Å². The van der Waals surface area contributed by atoms with Gasteiger partial charge >= 0.3 is 5.97 Å². The molecule has 28 heavy (non-hydrogen) atoms. The van der Waals surface area contributed by atoms with Crippen LogP contribution in [0, 0.1) is 6.92 Å². The number of benzene rings is 1. The van der Waals surface area contributed by atoms with E-state index >= 15 is 0 Å². The van der Waals surface area contributed by atoms with Crippen molar-refractivity contribution in [1.82, 2.24) is 9.38 Å². The summed E-state index contributed by atoms with van der Waals surface area (Å²) in [6.45, 7) is 7.63. The Kier molecular flexibility index (Phi) is 5.78. The van der Waals surface area contributed by atoms with Crippen molar-refractivity contribution < 1.29 is 14.3 Å². The molecule has 0 atom stereocenters. The summed E-state index contributed by atoms with van der Waals surface area (Å²) >= 11 is 0. The zero-order chi connectivity index (χ0) is 20.3. The van der Waals surface area contributed by atoms with Crippen molar-refractivity contribution >= 4 is 23.2 Å². The molecule has 6 nitrogen and oxygen atoms in total. The highest BCUT2D eigenvalue weighted by atomic mass is 16.5. The van der Waals surface area contributed by atoms with Gasteiger partial charge in [-0.1, -0.05) is 25.5 Å². The highest BCUT2D eigenvalue weighted by molar-refractivity contribution is 6.05. The topological polar surface area (TPSA) is 72.7 Å². The minimum absolute atomic E-state index is 0.205. The number of carbonyl (C=O) groups excluding carboxylic acids is 2. The Balaban J connectivity index is 1.92. The number of aryl methyl sites for hydroxylation is 2. The van der Waals surface area contributed by atoms with Crippen LogP contribution in [0.15, 0.2) is 42.6 Å². The number of anilines is 1. The predicted octanol–water partition coefficient (Wildman–Crippen LogP) is 4.41. The molecule has 146 valence electrons. The number of hydrogen-bond acceptors (Lipinski definition) is 4. The minimum atomic E-state index is -0.414. The molecular formula is C22H25N3O3. The molecule has 1 N–H and O–H groups in total. The standard InChI is InChI=1S/C22H25N3O3/c1-5-7-18-20(25-13-15(4)10-11-19(25)24-18)21(26)23-17-9-6-8-16(12-17)22(27)28-14(2)3/h6,8-14H,5,7H2,1-4H3,(H,23,26). The molecule has 0 bridgehead atoms. The molecule has 1 amide bonds. The third-order valence-electron chi connectivity index (χ3n) is 4.24. The lowest BCUT2D eigenvalue weighted by Crippen LogP contribution is -2.17. The molecule has 0 saturated carbocycles. The third kappa shape index (κ3) is 4.22. The molecule has 0 aliphatic carbocycles. The largest absolute Gasteiger partial charge is 0.459 e. The monoisotopic (exact) mass is 379 g/mol. The molecule has 2 aromatic heterocycles. The molecule has 0 spiro atoms. The Labute approximate surface area is 164 Å². The van der Waals surface area contributed by atoms with E-state index in [4.69, 9.17) is 4.74 Å². The normalized spacial score (nSPS) is 11.0. The number of nitrogens with zero attached hydrogens (tertiary/aromatic N) is 2. The van der Waals surface area contributed by atoms with Gasteiger partial charge in [-0.3, -0.25) is 9.20 Å². The van der Waals surface area contributed by atoms with Gasteiger partial charge in [-0.15, -0.1) is 0 Å². The van der Waals surface area contributed by atoms with Crippen molar-refractivity contribution in [3.05, 3.63) is 65.1 Å². The Morgan fingerprint density at radius 3 is 2.71 bits per heavy atom. The van der Waals surface area contributed by atoms with Gasteiger partial charge in [0.15, 0.2) is 0 Å². The lowest BCUT2D eigenvalue weighted by Gasteiger charge is -2.10. The van der Waals surface area contributed by atoms with Gasteiger partial charge in [-0.2, -0.15) is 0 Å².